The van der Waals surface area contributed by atoms with E-state index < -0.39 is 23.0 Å². The summed E-state index contributed by atoms with van der Waals surface area (Å²) in [5, 5.41) is 8.67. The molecular weight excluding hydrogens is 811 g/mol. The molecule has 0 aliphatic heterocycles. The molecule has 0 saturated heterocycles. The lowest BCUT2D eigenvalue weighted by atomic mass is 9.83. The number of thiophene rings is 1. The van der Waals surface area contributed by atoms with Crippen molar-refractivity contribution in [3.63, 3.8) is 0 Å². The summed E-state index contributed by atoms with van der Waals surface area (Å²) in [5.41, 5.74) is 7.13. The van der Waals surface area contributed by atoms with Gasteiger partial charge >= 0.3 is 5.97 Å². The van der Waals surface area contributed by atoms with Gasteiger partial charge in [-0.15, -0.1) is 23.1 Å². The minimum atomic E-state index is -0.719. The van der Waals surface area contributed by atoms with E-state index >= 15 is 0 Å². The minimum absolute atomic E-state index is 0.0565. The second kappa shape index (κ2) is 19.6. The van der Waals surface area contributed by atoms with Crippen molar-refractivity contribution in [3.05, 3.63) is 214 Å². The van der Waals surface area contributed by atoms with E-state index in [2.05, 4.69) is 28.1 Å². The molecular formula is C52H43N3O5S2. The average molecular weight is 854 g/mol. The Hall–Kier alpha value is -7.01. The summed E-state index contributed by atoms with van der Waals surface area (Å²) in [5.74, 6) is -1.40. The first-order chi connectivity index (χ1) is 30.3. The molecule has 308 valence electrons. The van der Waals surface area contributed by atoms with Gasteiger partial charge in [0.25, 0.3) is 11.8 Å². The maximum atomic E-state index is 14.4. The van der Waals surface area contributed by atoms with Crippen molar-refractivity contribution >= 4 is 63.6 Å². The number of hydrogen-bond acceptors (Lipinski definition) is 7. The molecule has 62 heavy (non-hydrogen) atoms. The van der Waals surface area contributed by atoms with Gasteiger partial charge in [-0.1, -0.05) is 140 Å². The Bertz CT molecular complexity index is 2720. The van der Waals surface area contributed by atoms with Crippen LogP contribution in [0.1, 0.15) is 65.4 Å². The van der Waals surface area contributed by atoms with Crippen LogP contribution in [0.3, 0.4) is 0 Å². The van der Waals surface area contributed by atoms with Gasteiger partial charge in [-0.25, -0.2) is 4.79 Å². The van der Waals surface area contributed by atoms with Crippen molar-refractivity contribution in [3.8, 4) is 11.1 Å². The van der Waals surface area contributed by atoms with Crippen LogP contribution >= 0.6 is 23.1 Å². The Morgan fingerprint density at radius 1 is 0.726 bits per heavy atom. The van der Waals surface area contributed by atoms with Crippen LogP contribution in [0, 0.1) is 0 Å². The highest BCUT2D eigenvalue weighted by atomic mass is 32.2. The second-order valence-corrected chi connectivity index (χ2v) is 17.1. The number of ether oxygens (including phenoxy) is 1. The summed E-state index contributed by atoms with van der Waals surface area (Å²) in [4.78, 5) is 56.9. The Balaban J connectivity index is 1.03. The molecule has 0 bridgehead atoms. The van der Waals surface area contributed by atoms with Crippen molar-refractivity contribution in [1.29, 1.82) is 0 Å². The maximum Gasteiger partial charge on any atom is 0.341 e. The van der Waals surface area contributed by atoms with Gasteiger partial charge in [-0.3, -0.25) is 14.4 Å². The summed E-state index contributed by atoms with van der Waals surface area (Å²) >= 11 is 2.76. The summed E-state index contributed by atoms with van der Waals surface area (Å²) in [6.45, 7) is 0. The molecule has 1 aliphatic rings. The van der Waals surface area contributed by atoms with Gasteiger partial charge in [0.2, 0.25) is 5.91 Å². The number of amides is 3. The fourth-order valence-corrected chi connectivity index (χ4v) is 9.98. The normalized spacial score (nSPS) is 13.9. The zero-order chi connectivity index (χ0) is 42.8. The third-order valence-electron chi connectivity index (χ3n) is 10.7. The van der Waals surface area contributed by atoms with Crippen LogP contribution in [0.15, 0.2) is 180 Å². The first-order valence-corrected chi connectivity index (χ1v) is 22.0. The number of rotatable bonds is 13. The Morgan fingerprint density at radius 3 is 2.06 bits per heavy atom. The van der Waals surface area contributed by atoms with Crippen molar-refractivity contribution in [1.82, 2.24) is 5.32 Å². The van der Waals surface area contributed by atoms with Gasteiger partial charge in [0.1, 0.15) is 15.9 Å². The third kappa shape index (κ3) is 9.95. The third-order valence-corrected chi connectivity index (χ3v) is 13.1. The van der Waals surface area contributed by atoms with E-state index in [0.717, 1.165) is 45.5 Å². The molecule has 3 amide bonds. The van der Waals surface area contributed by atoms with E-state index in [4.69, 9.17) is 4.74 Å². The molecule has 0 fully saturated rings. The molecule has 2 atom stereocenters. The molecule has 1 aliphatic carbocycles. The zero-order valence-electron chi connectivity index (χ0n) is 33.9. The standard InChI is InChI=1S/C52H43N3O5S2/c1-60-52(59)46-43-30-29-40(36-17-8-3-9-18-36)32-45(43)62-51(46)55-50(58)47(38-19-10-4-11-20-38)61-42-24-14-23-41(33-42)53-49(57)44(54-48(56)39-21-12-5-13-22-39)31-34-25-27-37(28-26-34)35-15-6-2-7-16-35/h2-28,31,33,40,47H,29-30,32H2,1H3,(H,53,57)(H,54,56)(H,55,58)/b44-31+. The summed E-state index contributed by atoms with van der Waals surface area (Å²) in [6, 6.07) is 53.5. The van der Waals surface area contributed by atoms with Crippen LogP contribution in [0.5, 0.6) is 0 Å². The molecule has 0 saturated carbocycles. The molecule has 6 aromatic carbocycles. The smallest absolute Gasteiger partial charge is 0.341 e. The number of carbonyl (C=O) groups excluding carboxylic acids is 4. The number of anilines is 2. The predicted molar refractivity (Wildman–Crippen MR) is 249 cm³/mol. The number of benzene rings is 6. The van der Waals surface area contributed by atoms with Gasteiger partial charge in [0, 0.05) is 21.0 Å². The number of methoxy groups -OCH3 is 1. The van der Waals surface area contributed by atoms with E-state index in [-0.39, 0.29) is 11.6 Å². The number of hydrogen-bond donors (Lipinski definition) is 3. The quantitative estimate of drug-likeness (QED) is 0.0605. The molecule has 7 aromatic rings. The van der Waals surface area contributed by atoms with Crippen LogP contribution in [0.4, 0.5) is 10.7 Å². The first-order valence-electron chi connectivity index (χ1n) is 20.3. The average Bonchev–Trinajstić information content (AvgIpc) is 3.68. The van der Waals surface area contributed by atoms with Crippen molar-refractivity contribution < 1.29 is 23.9 Å². The monoisotopic (exact) mass is 853 g/mol. The fraction of sp³-hybridized carbons (Fsp3) is 0.115. The topological polar surface area (TPSA) is 114 Å². The molecule has 1 aromatic heterocycles. The molecule has 2 unspecified atom stereocenters. The van der Waals surface area contributed by atoms with Crippen LogP contribution in [-0.4, -0.2) is 30.8 Å². The molecule has 0 radical (unpaired) electrons. The van der Waals surface area contributed by atoms with E-state index in [1.807, 2.05) is 115 Å². The number of nitrogens with one attached hydrogen (secondary N) is 3. The Labute approximate surface area is 369 Å². The SMILES string of the molecule is COC(=O)c1c(NC(=O)C(Sc2cccc(NC(=O)/C(=C\c3ccc(-c4ccccc4)cc3)NC(=O)c3ccccc3)c2)c2ccccc2)sc2c1CCC(c1ccccc1)C2. The van der Waals surface area contributed by atoms with Crippen molar-refractivity contribution in [2.24, 2.45) is 0 Å². The van der Waals surface area contributed by atoms with Crippen LogP contribution in [-0.2, 0) is 27.2 Å². The number of thioether (sulfide) groups is 1. The zero-order valence-corrected chi connectivity index (χ0v) is 35.5. The molecule has 10 heteroatoms. The summed E-state index contributed by atoms with van der Waals surface area (Å²) in [6.07, 6.45) is 4.01. The first kappa shape index (κ1) is 41.7. The lowest BCUT2D eigenvalue weighted by Crippen LogP contribution is -2.30. The van der Waals surface area contributed by atoms with Crippen LogP contribution in [0.25, 0.3) is 17.2 Å². The van der Waals surface area contributed by atoms with E-state index in [0.29, 0.717) is 39.0 Å². The highest BCUT2D eigenvalue weighted by molar-refractivity contribution is 8.00. The molecule has 8 nitrogen and oxygen atoms in total. The molecule has 0 spiro atoms. The summed E-state index contributed by atoms with van der Waals surface area (Å²) in [7, 11) is 1.36. The van der Waals surface area contributed by atoms with E-state index in [1.54, 1.807) is 48.5 Å². The van der Waals surface area contributed by atoms with Crippen LogP contribution < -0.4 is 16.0 Å². The lowest BCUT2D eigenvalue weighted by molar-refractivity contribution is -0.116. The largest absolute Gasteiger partial charge is 0.465 e. The molecule has 3 N–H and O–H groups in total. The van der Waals surface area contributed by atoms with Crippen molar-refractivity contribution in [2.45, 2.75) is 35.3 Å². The highest BCUT2D eigenvalue weighted by Gasteiger charge is 2.32. The fourth-order valence-electron chi connectivity index (χ4n) is 7.57. The van der Waals surface area contributed by atoms with Gasteiger partial charge in [-0.2, -0.15) is 0 Å². The Morgan fingerprint density at radius 2 is 1.37 bits per heavy atom. The van der Waals surface area contributed by atoms with Gasteiger partial charge in [0.05, 0.1) is 12.7 Å². The van der Waals surface area contributed by atoms with Gasteiger partial charge < -0.3 is 20.7 Å². The predicted octanol–water partition coefficient (Wildman–Crippen LogP) is 11.4. The van der Waals surface area contributed by atoms with Crippen molar-refractivity contribution in [2.75, 3.05) is 17.7 Å². The highest BCUT2D eigenvalue weighted by Crippen LogP contribution is 2.44. The Kier molecular flexibility index (Phi) is 13.2. The summed E-state index contributed by atoms with van der Waals surface area (Å²) < 4.78 is 5.24. The molecule has 8 rings (SSSR count). The van der Waals surface area contributed by atoms with Gasteiger partial charge in [-0.05, 0) is 95.0 Å². The van der Waals surface area contributed by atoms with E-state index in [9.17, 15) is 19.2 Å². The van der Waals surface area contributed by atoms with E-state index in [1.165, 1.54) is 35.8 Å². The second-order valence-electron chi connectivity index (χ2n) is 14.8. The van der Waals surface area contributed by atoms with Gasteiger partial charge in [0.15, 0.2) is 0 Å². The number of carbonyl (C=O) groups is 4. The number of fused-ring (bicyclic) bond motifs is 1. The lowest BCUT2D eigenvalue weighted by Gasteiger charge is -2.22. The van der Waals surface area contributed by atoms with Crippen LogP contribution in [0.2, 0.25) is 0 Å². The molecule has 1 heterocycles. The number of esters is 1. The maximum absolute atomic E-state index is 14.4. The minimum Gasteiger partial charge on any atom is -0.465 e.